The van der Waals surface area contributed by atoms with Gasteiger partial charge in [-0.05, 0) is 65.9 Å². The highest BCUT2D eigenvalue weighted by atomic mass is 35.5. The van der Waals surface area contributed by atoms with E-state index in [0.29, 0.717) is 0 Å². The number of carbonyl (C=O) groups is 1. The average molecular weight is 420 g/mol. The summed E-state index contributed by atoms with van der Waals surface area (Å²) in [5.41, 5.74) is 4.25. The molecule has 1 atom stereocenters. The number of pyridine rings is 1. The van der Waals surface area contributed by atoms with Crippen LogP contribution in [0.25, 0.3) is 11.1 Å². The van der Waals surface area contributed by atoms with Crippen molar-refractivity contribution >= 4 is 17.5 Å². The number of amides is 1. The lowest BCUT2D eigenvalue weighted by Gasteiger charge is -2.28. The van der Waals surface area contributed by atoms with E-state index >= 15 is 0 Å². The third-order valence-electron chi connectivity index (χ3n) is 5.95. The van der Waals surface area contributed by atoms with Gasteiger partial charge in [0.1, 0.15) is 0 Å². The summed E-state index contributed by atoms with van der Waals surface area (Å²) < 4.78 is 0. The fourth-order valence-corrected chi connectivity index (χ4v) is 4.62. The first-order chi connectivity index (χ1) is 14.6. The van der Waals surface area contributed by atoms with Crippen molar-refractivity contribution in [2.24, 2.45) is 5.41 Å². The number of aromatic nitrogens is 1. The van der Waals surface area contributed by atoms with Gasteiger partial charge in [0.2, 0.25) is 5.91 Å². The minimum absolute atomic E-state index is 0.120. The maximum absolute atomic E-state index is 12.9. The van der Waals surface area contributed by atoms with Crippen molar-refractivity contribution in [3.05, 3.63) is 89.2 Å². The standard InChI is InChI=1S/C25H26ClN3O/c1-27-24(30)25(11-14-29(18-25)17-20-3-2-4-23(26)15-20)16-19-5-7-21(8-6-19)22-9-12-28-13-10-22/h2-10,12-13,15H,11,14,16-18H2,1H3,(H,27,30). The number of nitrogens with one attached hydrogen (secondary N) is 1. The molecule has 0 bridgehead atoms. The summed E-state index contributed by atoms with van der Waals surface area (Å²) in [5, 5.41) is 3.65. The van der Waals surface area contributed by atoms with Crippen LogP contribution in [-0.2, 0) is 17.8 Å². The van der Waals surface area contributed by atoms with E-state index in [1.54, 1.807) is 19.4 Å². The van der Waals surface area contributed by atoms with Crippen LogP contribution < -0.4 is 5.32 Å². The Hall–Kier alpha value is -2.69. The molecule has 2 heterocycles. The molecular formula is C25H26ClN3O. The van der Waals surface area contributed by atoms with Gasteiger partial charge in [0.25, 0.3) is 0 Å². The van der Waals surface area contributed by atoms with Gasteiger partial charge in [-0.25, -0.2) is 0 Å². The van der Waals surface area contributed by atoms with Crippen LogP contribution in [0, 0.1) is 5.41 Å². The fourth-order valence-electron chi connectivity index (χ4n) is 4.41. The van der Waals surface area contributed by atoms with Gasteiger partial charge >= 0.3 is 0 Å². The number of nitrogens with zero attached hydrogens (tertiary/aromatic N) is 2. The van der Waals surface area contributed by atoms with Gasteiger partial charge in [-0.2, -0.15) is 0 Å². The van der Waals surface area contributed by atoms with E-state index in [4.69, 9.17) is 11.6 Å². The number of hydrogen-bond acceptors (Lipinski definition) is 3. The van der Waals surface area contributed by atoms with Crippen LogP contribution in [0.5, 0.6) is 0 Å². The molecule has 1 saturated heterocycles. The molecule has 1 fully saturated rings. The van der Waals surface area contributed by atoms with Crippen molar-refractivity contribution in [3.8, 4) is 11.1 Å². The number of likely N-dealkylation sites (tertiary alicyclic amines) is 1. The van der Waals surface area contributed by atoms with Crippen molar-refractivity contribution in [1.29, 1.82) is 0 Å². The SMILES string of the molecule is CNC(=O)C1(Cc2ccc(-c3ccncc3)cc2)CCN(Cc2cccc(Cl)c2)C1. The average Bonchev–Trinajstić information content (AvgIpc) is 3.18. The number of carbonyl (C=O) groups excluding carboxylic acids is 1. The van der Waals surface area contributed by atoms with Crippen LogP contribution in [0.15, 0.2) is 73.1 Å². The summed E-state index contributed by atoms with van der Waals surface area (Å²) in [7, 11) is 1.73. The summed E-state index contributed by atoms with van der Waals surface area (Å²) >= 11 is 6.14. The van der Waals surface area contributed by atoms with E-state index in [1.807, 2.05) is 30.3 Å². The van der Waals surface area contributed by atoms with Gasteiger partial charge in [0.05, 0.1) is 5.41 Å². The smallest absolute Gasteiger partial charge is 0.227 e. The molecule has 1 unspecified atom stereocenters. The first kappa shape index (κ1) is 20.6. The Morgan fingerprint density at radius 3 is 2.50 bits per heavy atom. The Kier molecular flexibility index (Phi) is 6.16. The van der Waals surface area contributed by atoms with Crippen LogP contribution in [0.3, 0.4) is 0 Å². The number of halogens is 1. The molecule has 0 radical (unpaired) electrons. The molecule has 0 saturated carbocycles. The van der Waals surface area contributed by atoms with Crippen LogP contribution in [-0.4, -0.2) is 35.9 Å². The Morgan fingerprint density at radius 1 is 1.07 bits per heavy atom. The largest absolute Gasteiger partial charge is 0.359 e. The molecule has 1 aromatic heterocycles. The predicted molar refractivity (Wildman–Crippen MR) is 121 cm³/mol. The van der Waals surface area contributed by atoms with Gasteiger partial charge in [0.15, 0.2) is 0 Å². The van der Waals surface area contributed by atoms with E-state index in [2.05, 4.69) is 45.5 Å². The fraction of sp³-hybridized carbons (Fsp3) is 0.280. The molecule has 2 aromatic carbocycles. The second-order valence-electron chi connectivity index (χ2n) is 8.06. The van der Waals surface area contributed by atoms with Gasteiger partial charge in [0, 0.05) is 37.6 Å². The minimum Gasteiger partial charge on any atom is -0.359 e. The summed E-state index contributed by atoms with van der Waals surface area (Å²) in [6.07, 6.45) is 5.18. The van der Waals surface area contributed by atoms with Crippen molar-refractivity contribution in [3.63, 3.8) is 0 Å². The molecule has 154 valence electrons. The lowest BCUT2D eigenvalue weighted by atomic mass is 9.79. The molecule has 1 amide bonds. The van der Waals surface area contributed by atoms with Crippen molar-refractivity contribution < 1.29 is 4.79 Å². The Balaban J connectivity index is 1.50. The Morgan fingerprint density at radius 2 is 1.80 bits per heavy atom. The molecule has 1 aliphatic heterocycles. The Labute approximate surface area is 182 Å². The van der Waals surface area contributed by atoms with E-state index in [9.17, 15) is 4.79 Å². The van der Waals surface area contributed by atoms with Crippen molar-refractivity contribution in [2.75, 3.05) is 20.1 Å². The monoisotopic (exact) mass is 419 g/mol. The van der Waals surface area contributed by atoms with Crippen LogP contribution in [0.1, 0.15) is 17.5 Å². The second-order valence-corrected chi connectivity index (χ2v) is 8.50. The van der Waals surface area contributed by atoms with E-state index < -0.39 is 5.41 Å². The number of benzene rings is 2. The molecule has 1 N–H and O–H groups in total. The van der Waals surface area contributed by atoms with E-state index in [-0.39, 0.29) is 5.91 Å². The molecular weight excluding hydrogens is 394 g/mol. The summed E-state index contributed by atoms with van der Waals surface area (Å²) in [6.45, 7) is 2.45. The zero-order valence-corrected chi connectivity index (χ0v) is 17.9. The highest BCUT2D eigenvalue weighted by molar-refractivity contribution is 6.30. The highest BCUT2D eigenvalue weighted by Gasteiger charge is 2.44. The molecule has 30 heavy (non-hydrogen) atoms. The molecule has 4 nitrogen and oxygen atoms in total. The molecule has 0 aliphatic carbocycles. The number of rotatable bonds is 6. The predicted octanol–water partition coefficient (Wildman–Crippen LogP) is 4.58. The lowest BCUT2D eigenvalue weighted by molar-refractivity contribution is -0.130. The summed E-state index contributed by atoms with van der Waals surface area (Å²) in [6, 6.07) is 20.5. The summed E-state index contributed by atoms with van der Waals surface area (Å²) in [4.78, 5) is 19.3. The Bertz CT molecular complexity index is 1010. The second kappa shape index (κ2) is 8.99. The zero-order chi connectivity index (χ0) is 21.0. The van der Waals surface area contributed by atoms with Gasteiger partial charge in [-0.15, -0.1) is 0 Å². The molecule has 4 rings (SSSR count). The molecule has 3 aromatic rings. The van der Waals surface area contributed by atoms with Crippen LogP contribution >= 0.6 is 11.6 Å². The highest BCUT2D eigenvalue weighted by Crippen LogP contribution is 2.36. The maximum Gasteiger partial charge on any atom is 0.227 e. The topological polar surface area (TPSA) is 45.2 Å². The van der Waals surface area contributed by atoms with Crippen molar-refractivity contribution in [1.82, 2.24) is 15.2 Å². The lowest BCUT2D eigenvalue weighted by Crippen LogP contribution is -2.43. The minimum atomic E-state index is -0.411. The first-order valence-corrected chi connectivity index (χ1v) is 10.6. The maximum atomic E-state index is 12.9. The first-order valence-electron chi connectivity index (χ1n) is 10.3. The summed E-state index contributed by atoms with van der Waals surface area (Å²) in [5.74, 6) is 0.120. The molecule has 5 heteroatoms. The third kappa shape index (κ3) is 4.55. The van der Waals surface area contributed by atoms with Crippen LogP contribution in [0.2, 0.25) is 5.02 Å². The molecule has 1 aliphatic rings. The van der Waals surface area contributed by atoms with E-state index in [0.717, 1.165) is 48.6 Å². The van der Waals surface area contributed by atoms with Crippen LogP contribution in [0.4, 0.5) is 0 Å². The van der Waals surface area contributed by atoms with Crippen molar-refractivity contribution in [2.45, 2.75) is 19.4 Å². The van der Waals surface area contributed by atoms with Gasteiger partial charge in [-0.1, -0.05) is 48.0 Å². The zero-order valence-electron chi connectivity index (χ0n) is 17.1. The number of hydrogen-bond donors (Lipinski definition) is 1. The molecule has 0 spiro atoms. The normalized spacial score (nSPS) is 19.0. The van der Waals surface area contributed by atoms with E-state index in [1.165, 1.54) is 11.1 Å². The quantitative estimate of drug-likeness (QED) is 0.635. The third-order valence-corrected chi connectivity index (χ3v) is 6.18. The van der Waals surface area contributed by atoms with Gasteiger partial charge in [-0.3, -0.25) is 14.7 Å². The van der Waals surface area contributed by atoms with Gasteiger partial charge < -0.3 is 5.32 Å².